The van der Waals surface area contributed by atoms with E-state index >= 15 is 0 Å². The van der Waals surface area contributed by atoms with Crippen molar-refractivity contribution < 1.29 is 4.92 Å². The second-order valence-corrected chi connectivity index (χ2v) is 5.12. The minimum absolute atomic E-state index is 0.195. The molecule has 0 saturated carbocycles. The van der Waals surface area contributed by atoms with Crippen LogP contribution in [-0.4, -0.2) is 18.0 Å². The zero-order valence-corrected chi connectivity index (χ0v) is 11.1. The van der Waals surface area contributed by atoms with Crippen LogP contribution in [0.5, 0.6) is 0 Å². The minimum atomic E-state index is -0.318. The molecule has 4 heteroatoms. The van der Waals surface area contributed by atoms with E-state index in [9.17, 15) is 10.1 Å². The van der Waals surface area contributed by atoms with Crippen LogP contribution in [0.3, 0.4) is 0 Å². The summed E-state index contributed by atoms with van der Waals surface area (Å²) in [6.45, 7) is 6.44. The molecule has 1 fully saturated rings. The summed E-state index contributed by atoms with van der Waals surface area (Å²) >= 11 is 0. The Bertz CT molecular complexity index is 445. The molecule has 0 amide bonds. The van der Waals surface area contributed by atoms with Crippen LogP contribution in [0.1, 0.15) is 32.3 Å². The lowest BCUT2D eigenvalue weighted by molar-refractivity contribution is -0.384. The molecular formula is C14H20N2O2. The SMILES string of the molecule is CCc1cc([N+](=O)[O-])ccc1N1CCC[C@@H](C)C1. The Morgan fingerprint density at radius 2 is 2.28 bits per heavy atom. The maximum absolute atomic E-state index is 10.8. The quantitative estimate of drug-likeness (QED) is 0.608. The number of aryl methyl sites for hydroxylation is 1. The molecule has 0 spiro atoms. The van der Waals surface area contributed by atoms with Crippen LogP contribution in [0.25, 0.3) is 0 Å². The first-order valence-electron chi connectivity index (χ1n) is 6.64. The first-order valence-corrected chi connectivity index (χ1v) is 6.64. The lowest BCUT2D eigenvalue weighted by Crippen LogP contribution is -2.34. The molecule has 1 aliphatic rings. The van der Waals surface area contributed by atoms with E-state index in [1.54, 1.807) is 12.1 Å². The number of nitro groups is 1. The molecule has 1 atom stereocenters. The zero-order chi connectivity index (χ0) is 13.1. The van der Waals surface area contributed by atoms with Gasteiger partial charge in [0.15, 0.2) is 0 Å². The largest absolute Gasteiger partial charge is 0.371 e. The highest BCUT2D eigenvalue weighted by Crippen LogP contribution is 2.29. The van der Waals surface area contributed by atoms with Gasteiger partial charge in [-0.25, -0.2) is 0 Å². The molecule has 1 saturated heterocycles. The van der Waals surface area contributed by atoms with Crippen LogP contribution in [0.4, 0.5) is 11.4 Å². The van der Waals surface area contributed by atoms with Gasteiger partial charge in [0.2, 0.25) is 0 Å². The van der Waals surface area contributed by atoms with E-state index in [4.69, 9.17) is 0 Å². The summed E-state index contributed by atoms with van der Waals surface area (Å²) in [6.07, 6.45) is 3.33. The Morgan fingerprint density at radius 1 is 1.50 bits per heavy atom. The highest BCUT2D eigenvalue weighted by atomic mass is 16.6. The fourth-order valence-corrected chi connectivity index (χ4v) is 2.69. The predicted molar refractivity (Wildman–Crippen MR) is 73.1 cm³/mol. The molecule has 1 aliphatic heterocycles. The van der Waals surface area contributed by atoms with Gasteiger partial charge in [-0.15, -0.1) is 0 Å². The smallest absolute Gasteiger partial charge is 0.269 e. The predicted octanol–water partition coefficient (Wildman–Crippen LogP) is 3.39. The van der Waals surface area contributed by atoms with Crippen molar-refractivity contribution in [3.8, 4) is 0 Å². The number of nitrogens with zero attached hydrogens (tertiary/aromatic N) is 2. The first-order chi connectivity index (χ1) is 8.61. The van der Waals surface area contributed by atoms with E-state index in [-0.39, 0.29) is 10.6 Å². The van der Waals surface area contributed by atoms with Gasteiger partial charge in [0.1, 0.15) is 0 Å². The Kier molecular flexibility index (Phi) is 3.84. The lowest BCUT2D eigenvalue weighted by atomic mass is 9.98. The van der Waals surface area contributed by atoms with Gasteiger partial charge in [0.05, 0.1) is 4.92 Å². The van der Waals surface area contributed by atoms with Crippen molar-refractivity contribution >= 4 is 11.4 Å². The molecule has 0 bridgehead atoms. The second kappa shape index (κ2) is 5.38. The van der Waals surface area contributed by atoms with Crippen molar-refractivity contribution in [3.05, 3.63) is 33.9 Å². The van der Waals surface area contributed by atoms with E-state index in [1.807, 2.05) is 6.07 Å². The summed E-state index contributed by atoms with van der Waals surface area (Å²) in [5, 5.41) is 10.8. The highest BCUT2D eigenvalue weighted by Gasteiger charge is 2.19. The Balaban J connectivity index is 2.29. The van der Waals surface area contributed by atoms with Crippen molar-refractivity contribution in [2.24, 2.45) is 5.92 Å². The maximum Gasteiger partial charge on any atom is 0.269 e. The zero-order valence-electron chi connectivity index (χ0n) is 11.1. The first kappa shape index (κ1) is 12.9. The lowest BCUT2D eigenvalue weighted by Gasteiger charge is -2.34. The molecule has 18 heavy (non-hydrogen) atoms. The normalized spacial score (nSPS) is 19.9. The van der Waals surface area contributed by atoms with Crippen molar-refractivity contribution in [1.82, 2.24) is 0 Å². The van der Waals surface area contributed by atoms with Crippen molar-refractivity contribution in [3.63, 3.8) is 0 Å². The van der Waals surface area contributed by atoms with Crippen molar-refractivity contribution in [1.29, 1.82) is 0 Å². The van der Waals surface area contributed by atoms with Crippen LogP contribution in [0.15, 0.2) is 18.2 Å². The summed E-state index contributed by atoms with van der Waals surface area (Å²) in [6, 6.07) is 5.25. The number of hydrogen-bond acceptors (Lipinski definition) is 3. The molecule has 4 nitrogen and oxygen atoms in total. The number of benzene rings is 1. The van der Waals surface area contributed by atoms with Gasteiger partial charge in [-0.1, -0.05) is 13.8 Å². The average molecular weight is 248 g/mol. The summed E-state index contributed by atoms with van der Waals surface area (Å²) in [5.74, 6) is 0.707. The molecule has 2 rings (SSSR count). The third kappa shape index (κ3) is 2.63. The Labute approximate surface area is 108 Å². The number of anilines is 1. The number of rotatable bonds is 3. The molecule has 1 heterocycles. The maximum atomic E-state index is 10.8. The fourth-order valence-electron chi connectivity index (χ4n) is 2.69. The number of piperidine rings is 1. The average Bonchev–Trinajstić information content (AvgIpc) is 2.37. The van der Waals surface area contributed by atoms with E-state index in [1.165, 1.54) is 18.5 Å². The van der Waals surface area contributed by atoms with Crippen LogP contribution in [0.2, 0.25) is 0 Å². The summed E-state index contributed by atoms with van der Waals surface area (Å²) in [4.78, 5) is 12.9. The Morgan fingerprint density at radius 3 is 2.89 bits per heavy atom. The molecule has 98 valence electrons. The molecule has 0 aromatic heterocycles. The topological polar surface area (TPSA) is 46.4 Å². The van der Waals surface area contributed by atoms with Gasteiger partial charge in [-0.05, 0) is 36.8 Å². The standard InChI is InChI=1S/C14H20N2O2/c1-3-12-9-13(16(17)18)6-7-14(12)15-8-4-5-11(2)10-15/h6-7,9,11H,3-5,8,10H2,1-2H3/t11-/m1/s1. The van der Waals surface area contributed by atoms with Crippen LogP contribution in [0, 0.1) is 16.0 Å². The monoisotopic (exact) mass is 248 g/mol. The molecule has 0 radical (unpaired) electrons. The second-order valence-electron chi connectivity index (χ2n) is 5.12. The summed E-state index contributed by atoms with van der Waals surface area (Å²) in [7, 11) is 0. The third-order valence-electron chi connectivity index (χ3n) is 3.65. The molecule has 1 aromatic carbocycles. The van der Waals surface area contributed by atoms with Crippen molar-refractivity contribution in [2.45, 2.75) is 33.1 Å². The van der Waals surface area contributed by atoms with Gasteiger partial charge in [0.25, 0.3) is 5.69 Å². The molecule has 0 aliphatic carbocycles. The van der Waals surface area contributed by atoms with Crippen molar-refractivity contribution in [2.75, 3.05) is 18.0 Å². The van der Waals surface area contributed by atoms with Gasteiger partial charge in [-0.2, -0.15) is 0 Å². The molecule has 0 unspecified atom stereocenters. The minimum Gasteiger partial charge on any atom is -0.371 e. The van der Waals surface area contributed by atoms with E-state index < -0.39 is 0 Å². The van der Waals surface area contributed by atoms with E-state index in [2.05, 4.69) is 18.7 Å². The summed E-state index contributed by atoms with van der Waals surface area (Å²) < 4.78 is 0. The van der Waals surface area contributed by atoms with Gasteiger partial charge < -0.3 is 4.90 Å². The number of hydrogen-bond donors (Lipinski definition) is 0. The molecule has 0 N–H and O–H groups in total. The van der Waals surface area contributed by atoms with Crippen LogP contribution in [-0.2, 0) is 6.42 Å². The molecular weight excluding hydrogens is 228 g/mol. The van der Waals surface area contributed by atoms with Gasteiger partial charge >= 0.3 is 0 Å². The van der Waals surface area contributed by atoms with Gasteiger partial charge in [0, 0.05) is 30.9 Å². The Hall–Kier alpha value is -1.58. The van der Waals surface area contributed by atoms with Crippen LogP contribution < -0.4 is 4.90 Å². The molecule has 1 aromatic rings. The number of nitro benzene ring substituents is 1. The van der Waals surface area contributed by atoms with Gasteiger partial charge in [-0.3, -0.25) is 10.1 Å². The van der Waals surface area contributed by atoms with Crippen LogP contribution >= 0.6 is 0 Å². The fraction of sp³-hybridized carbons (Fsp3) is 0.571. The summed E-state index contributed by atoms with van der Waals surface area (Å²) in [5.41, 5.74) is 2.45. The number of non-ortho nitro benzene ring substituents is 1. The highest BCUT2D eigenvalue weighted by molar-refractivity contribution is 5.58. The van der Waals surface area contributed by atoms with E-state index in [0.717, 1.165) is 25.1 Å². The van der Waals surface area contributed by atoms with E-state index in [0.29, 0.717) is 5.92 Å². The third-order valence-corrected chi connectivity index (χ3v) is 3.65.